The fraction of sp³-hybridized carbons (Fsp3) is 0.400. The third kappa shape index (κ3) is 3.54. The van der Waals surface area contributed by atoms with Crippen molar-refractivity contribution in [2.75, 3.05) is 13.2 Å². The zero-order valence-electron chi connectivity index (χ0n) is 8.67. The first-order chi connectivity index (χ1) is 7.69. The van der Waals surface area contributed by atoms with Gasteiger partial charge in [-0.15, -0.1) is 4.89 Å². The molecule has 1 atom stereocenters. The molecule has 1 aromatic carbocycles. The van der Waals surface area contributed by atoms with Crippen molar-refractivity contribution in [3.8, 4) is 5.75 Å². The fourth-order valence-electron chi connectivity index (χ4n) is 1.53. The minimum atomic E-state index is -2.72. The summed E-state index contributed by atoms with van der Waals surface area (Å²) < 4.78 is 15.4. The normalized spacial score (nSPS) is 11.3. The van der Waals surface area contributed by atoms with Crippen LogP contribution >= 0.6 is 8.25 Å². The van der Waals surface area contributed by atoms with Crippen LogP contribution in [0.25, 0.3) is 0 Å². The van der Waals surface area contributed by atoms with E-state index in [-0.39, 0.29) is 19.0 Å². The number of hydrogen-bond acceptors (Lipinski definition) is 4. The number of rotatable bonds is 6. The first kappa shape index (κ1) is 13.1. The van der Waals surface area contributed by atoms with E-state index in [1.165, 1.54) is 0 Å². The molecule has 0 aromatic heterocycles. The second kappa shape index (κ2) is 6.55. The number of aliphatic hydroxyl groups is 2. The van der Waals surface area contributed by atoms with Crippen molar-refractivity contribution in [2.24, 2.45) is 0 Å². The Morgan fingerprint density at radius 1 is 1.19 bits per heavy atom. The molecule has 1 rings (SSSR count). The zero-order chi connectivity index (χ0) is 12.0. The third-order valence-electron chi connectivity index (χ3n) is 2.15. The minimum Gasteiger partial charge on any atom is -0.396 e. The maximum absolute atomic E-state index is 10.6. The van der Waals surface area contributed by atoms with Crippen LogP contribution in [0, 0.1) is 0 Å². The largest absolute Gasteiger partial charge is 0.747 e. The third-order valence-corrected chi connectivity index (χ3v) is 2.50. The lowest BCUT2D eigenvalue weighted by atomic mass is 10.0. The molecule has 0 saturated carbocycles. The van der Waals surface area contributed by atoms with Crippen LogP contribution in [-0.4, -0.2) is 28.3 Å². The van der Waals surface area contributed by atoms with Crippen LogP contribution < -0.4 is 4.52 Å². The summed E-state index contributed by atoms with van der Waals surface area (Å²) in [7, 11) is -2.72. The standard InChI is InChI=1S/C10H13O5P/c11-6-4-8-2-1-3-10(15-16(13)14)9(8)5-7-12/h1-3,11-12H,4-7H2/p+1. The molecule has 88 valence electrons. The fourth-order valence-corrected chi connectivity index (χ4v) is 1.87. The van der Waals surface area contributed by atoms with Gasteiger partial charge >= 0.3 is 8.25 Å². The molecule has 1 aromatic rings. The molecule has 0 radical (unpaired) electrons. The van der Waals surface area contributed by atoms with E-state index >= 15 is 0 Å². The summed E-state index contributed by atoms with van der Waals surface area (Å²) in [6.07, 6.45) is 0.753. The Morgan fingerprint density at radius 2 is 1.88 bits per heavy atom. The molecule has 1 unspecified atom stereocenters. The number of aliphatic hydroxyl groups excluding tert-OH is 2. The highest BCUT2D eigenvalue weighted by Gasteiger charge is 2.19. The summed E-state index contributed by atoms with van der Waals surface area (Å²) in [6, 6.07) is 5.04. The van der Waals surface area contributed by atoms with Gasteiger partial charge in [0.2, 0.25) is 0 Å². The molecule has 0 aliphatic rings. The first-order valence-corrected chi connectivity index (χ1v) is 5.98. The van der Waals surface area contributed by atoms with Gasteiger partial charge in [0.15, 0.2) is 5.75 Å². The van der Waals surface area contributed by atoms with Crippen LogP contribution in [0.3, 0.4) is 0 Å². The van der Waals surface area contributed by atoms with Crippen molar-refractivity contribution in [1.82, 2.24) is 0 Å². The molecule has 0 amide bonds. The van der Waals surface area contributed by atoms with Gasteiger partial charge in [-0.2, -0.15) is 0 Å². The van der Waals surface area contributed by atoms with E-state index in [1.54, 1.807) is 18.2 Å². The molecule has 3 N–H and O–H groups in total. The summed E-state index contributed by atoms with van der Waals surface area (Å²) in [5.41, 5.74) is 1.47. The highest BCUT2D eigenvalue weighted by Crippen LogP contribution is 2.29. The van der Waals surface area contributed by atoms with E-state index < -0.39 is 8.25 Å². The van der Waals surface area contributed by atoms with Crippen molar-refractivity contribution in [2.45, 2.75) is 12.8 Å². The SMILES string of the molecule is O=[P+](O)Oc1cccc(CCO)c1CCO. The summed E-state index contributed by atoms with van der Waals surface area (Å²) in [5, 5.41) is 17.8. The van der Waals surface area contributed by atoms with E-state index in [0.29, 0.717) is 18.4 Å². The van der Waals surface area contributed by atoms with Gasteiger partial charge in [0.25, 0.3) is 0 Å². The molecule has 0 heterocycles. The zero-order valence-corrected chi connectivity index (χ0v) is 9.56. The van der Waals surface area contributed by atoms with Gasteiger partial charge < -0.3 is 10.2 Å². The summed E-state index contributed by atoms with van der Waals surface area (Å²) in [5.74, 6) is 0.281. The van der Waals surface area contributed by atoms with Gasteiger partial charge in [0.1, 0.15) is 0 Å². The van der Waals surface area contributed by atoms with E-state index in [9.17, 15) is 4.57 Å². The average molecular weight is 245 g/mol. The van der Waals surface area contributed by atoms with Crippen molar-refractivity contribution < 1.29 is 24.2 Å². The van der Waals surface area contributed by atoms with E-state index in [1.807, 2.05) is 0 Å². The summed E-state index contributed by atoms with van der Waals surface area (Å²) in [4.78, 5) is 8.69. The Balaban J connectivity index is 3.04. The molecule has 0 fully saturated rings. The second-order valence-electron chi connectivity index (χ2n) is 3.17. The maximum atomic E-state index is 10.6. The van der Waals surface area contributed by atoms with E-state index in [4.69, 9.17) is 19.6 Å². The van der Waals surface area contributed by atoms with Gasteiger partial charge in [-0.1, -0.05) is 12.1 Å². The van der Waals surface area contributed by atoms with Gasteiger partial charge in [-0.3, -0.25) is 0 Å². The van der Waals surface area contributed by atoms with E-state index in [2.05, 4.69) is 0 Å². The highest BCUT2D eigenvalue weighted by molar-refractivity contribution is 7.32. The van der Waals surface area contributed by atoms with E-state index in [0.717, 1.165) is 5.56 Å². The topological polar surface area (TPSA) is 87.0 Å². The van der Waals surface area contributed by atoms with Gasteiger partial charge in [0, 0.05) is 23.3 Å². The second-order valence-corrected chi connectivity index (χ2v) is 3.83. The molecular formula is C10H14O5P+. The molecule has 0 aliphatic heterocycles. The van der Waals surface area contributed by atoms with Crippen LogP contribution in [-0.2, 0) is 17.4 Å². The Kier molecular flexibility index (Phi) is 5.35. The first-order valence-electron chi connectivity index (χ1n) is 4.85. The Bertz CT molecular complexity index is 366. The predicted molar refractivity (Wildman–Crippen MR) is 58.5 cm³/mol. The number of benzene rings is 1. The molecule has 16 heavy (non-hydrogen) atoms. The quantitative estimate of drug-likeness (QED) is 0.645. The lowest BCUT2D eigenvalue weighted by molar-refractivity contribution is 0.291. The maximum Gasteiger partial charge on any atom is 0.747 e. The van der Waals surface area contributed by atoms with Crippen LogP contribution in [0.15, 0.2) is 18.2 Å². The van der Waals surface area contributed by atoms with Crippen molar-refractivity contribution in [1.29, 1.82) is 0 Å². The molecular weight excluding hydrogens is 231 g/mol. The van der Waals surface area contributed by atoms with Gasteiger partial charge in [0.05, 0.1) is 0 Å². The van der Waals surface area contributed by atoms with Crippen molar-refractivity contribution >= 4 is 8.25 Å². The number of hydrogen-bond donors (Lipinski definition) is 3. The summed E-state index contributed by atoms with van der Waals surface area (Å²) >= 11 is 0. The van der Waals surface area contributed by atoms with Gasteiger partial charge in [-0.25, -0.2) is 4.52 Å². The Labute approximate surface area is 94.3 Å². The molecule has 0 bridgehead atoms. The Morgan fingerprint density at radius 3 is 2.44 bits per heavy atom. The van der Waals surface area contributed by atoms with Crippen LogP contribution in [0.2, 0.25) is 0 Å². The average Bonchev–Trinajstić information content (AvgIpc) is 2.22. The van der Waals surface area contributed by atoms with Crippen LogP contribution in [0.1, 0.15) is 11.1 Å². The monoisotopic (exact) mass is 245 g/mol. The summed E-state index contributed by atoms with van der Waals surface area (Å²) in [6.45, 7) is -0.103. The minimum absolute atomic E-state index is 0.0207. The predicted octanol–water partition coefficient (Wildman–Crippen LogP) is 0.785. The Hall–Kier alpha value is -1.00. The van der Waals surface area contributed by atoms with Crippen molar-refractivity contribution in [3.63, 3.8) is 0 Å². The van der Waals surface area contributed by atoms with Gasteiger partial charge in [-0.05, 0) is 24.5 Å². The lowest BCUT2D eigenvalue weighted by Gasteiger charge is -2.08. The van der Waals surface area contributed by atoms with Crippen molar-refractivity contribution in [3.05, 3.63) is 29.3 Å². The molecule has 6 heteroatoms. The highest BCUT2D eigenvalue weighted by atomic mass is 31.1. The molecule has 0 aliphatic carbocycles. The smallest absolute Gasteiger partial charge is 0.396 e. The van der Waals surface area contributed by atoms with Crippen LogP contribution in [0.4, 0.5) is 0 Å². The van der Waals surface area contributed by atoms with Crippen LogP contribution in [0.5, 0.6) is 5.75 Å². The molecule has 0 saturated heterocycles. The molecule has 5 nitrogen and oxygen atoms in total. The lowest BCUT2D eigenvalue weighted by Crippen LogP contribution is -2.02. The molecule has 0 spiro atoms.